The topological polar surface area (TPSA) is 66.4 Å². The van der Waals surface area contributed by atoms with Gasteiger partial charge in [-0.3, -0.25) is 9.59 Å². The maximum absolute atomic E-state index is 14.1. The molecule has 2 N–H and O–H groups in total. The lowest BCUT2D eigenvalue weighted by molar-refractivity contribution is -0.145. The third-order valence-corrected chi connectivity index (χ3v) is 4.06. The van der Waals surface area contributed by atoms with Crippen LogP contribution in [-0.2, 0) is 22.4 Å². The number of carboxylic acid groups (broad SMARTS) is 1. The first-order chi connectivity index (χ1) is 9.08. The Morgan fingerprint density at radius 2 is 2.00 bits per heavy atom. The van der Waals surface area contributed by atoms with E-state index < -0.39 is 29.5 Å². The number of halogens is 1. The van der Waals surface area contributed by atoms with Crippen LogP contribution >= 0.6 is 0 Å². The largest absolute Gasteiger partial charge is 0.481 e. The van der Waals surface area contributed by atoms with Gasteiger partial charge in [-0.1, -0.05) is 6.07 Å². The highest BCUT2D eigenvalue weighted by atomic mass is 19.1. The maximum Gasteiger partial charge on any atom is 0.316 e. The molecule has 1 heterocycles. The molecule has 2 aliphatic rings. The molecule has 1 fully saturated rings. The molecule has 0 saturated carbocycles. The van der Waals surface area contributed by atoms with Gasteiger partial charge < -0.3 is 10.4 Å². The Balaban J connectivity index is 2.02. The SMILES string of the molecule is O=C(O)C1C(=O)NCC1c1cc2c(cc1F)CCC2. The molecule has 1 aromatic carbocycles. The van der Waals surface area contributed by atoms with E-state index in [1.165, 1.54) is 6.07 Å². The van der Waals surface area contributed by atoms with Crippen LogP contribution in [0.25, 0.3) is 0 Å². The highest BCUT2D eigenvalue weighted by Gasteiger charge is 2.42. The fourth-order valence-electron chi connectivity index (χ4n) is 3.09. The van der Waals surface area contributed by atoms with Gasteiger partial charge in [0.25, 0.3) is 0 Å². The van der Waals surface area contributed by atoms with Gasteiger partial charge >= 0.3 is 5.97 Å². The minimum atomic E-state index is -1.19. The van der Waals surface area contributed by atoms with Crippen molar-refractivity contribution < 1.29 is 19.1 Å². The number of carbonyl (C=O) groups is 2. The first-order valence-electron chi connectivity index (χ1n) is 6.39. The van der Waals surface area contributed by atoms with Crippen LogP contribution < -0.4 is 5.32 Å². The van der Waals surface area contributed by atoms with Crippen molar-refractivity contribution in [2.45, 2.75) is 25.2 Å². The number of hydrogen-bond acceptors (Lipinski definition) is 2. The Morgan fingerprint density at radius 1 is 1.32 bits per heavy atom. The van der Waals surface area contributed by atoms with E-state index in [2.05, 4.69) is 5.32 Å². The standard InChI is InChI=1S/C14H14FNO3/c15-11-5-8-3-1-2-7(8)4-9(11)10-6-16-13(17)12(10)14(18)19/h4-5,10,12H,1-3,6H2,(H,16,17)(H,18,19). The van der Waals surface area contributed by atoms with Crippen LogP contribution in [0.1, 0.15) is 29.0 Å². The number of nitrogens with one attached hydrogen (secondary N) is 1. The van der Waals surface area contributed by atoms with Gasteiger partial charge in [-0.05, 0) is 42.0 Å². The summed E-state index contributed by atoms with van der Waals surface area (Å²) in [6.07, 6.45) is 2.77. The van der Waals surface area contributed by atoms with Crippen LogP contribution in [0.15, 0.2) is 12.1 Å². The summed E-state index contributed by atoms with van der Waals surface area (Å²) in [5, 5.41) is 11.6. The minimum absolute atomic E-state index is 0.186. The molecule has 1 amide bonds. The highest BCUT2D eigenvalue weighted by Crippen LogP contribution is 2.34. The van der Waals surface area contributed by atoms with Crippen LogP contribution in [0.5, 0.6) is 0 Å². The number of fused-ring (bicyclic) bond motifs is 1. The summed E-state index contributed by atoms with van der Waals surface area (Å²) in [6, 6.07) is 3.25. The van der Waals surface area contributed by atoms with Crippen molar-refractivity contribution in [3.8, 4) is 0 Å². The molecule has 1 aliphatic heterocycles. The summed E-state index contributed by atoms with van der Waals surface area (Å²) in [5.41, 5.74) is 2.44. The number of benzene rings is 1. The minimum Gasteiger partial charge on any atom is -0.481 e. The third-order valence-electron chi connectivity index (χ3n) is 4.06. The Labute approximate surface area is 109 Å². The van der Waals surface area contributed by atoms with Gasteiger partial charge in [0.1, 0.15) is 11.7 Å². The lowest BCUT2D eigenvalue weighted by atomic mass is 9.87. The average molecular weight is 263 g/mol. The van der Waals surface area contributed by atoms with E-state index in [1.54, 1.807) is 6.07 Å². The van der Waals surface area contributed by atoms with Gasteiger partial charge in [0.2, 0.25) is 5.91 Å². The molecule has 0 aromatic heterocycles. The van der Waals surface area contributed by atoms with Crippen molar-refractivity contribution in [2.24, 2.45) is 5.92 Å². The molecule has 1 aromatic rings. The Hall–Kier alpha value is -1.91. The van der Waals surface area contributed by atoms with Crippen LogP contribution in [0.4, 0.5) is 4.39 Å². The molecule has 4 nitrogen and oxygen atoms in total. The zero-order valence-corrected chi connectivity index (χ0v) is 10.3. The normalized spacial score (nSPS) is 25.2. The van der Waals surface area contributed by atoms with Crippen molar-refractivity contribution in [1.82, 2.24) is 5.32 Å². The van der Waals surface area contributed by atoms with Gasteiger partial charge in [0.15, 0.2) is 0 Å². The van der Waals surface area contributed by atoms with Crippen molar-refractivity contribution in [1.29, 1.82) is 0 Å². The fraction of sp³-hybridized carbons (Fsp3) is 0.429. The smallest absolute Gasteiger partial charge is 0.316 e. The van der Waals surface area contributed by atoms with Gasteiger partial charge in [0, 0.05) is 12.5 Å². The van der Waals surface area contributed by atoms with Crippen LogP contribution in [0.2, 0.25) is 0 Å². The molecule has 2 unspecified atom stereocenters. The van der Waals surface area contributed by atoms with E-state index in [0.29, 0.717) is 5.56 Å². The Bertz CT molecular complexity index is 570. The summed E-state index contributed by atoms with van der Waals surface area (Å²) in [4.78, 5) is 22.7. The summed E-state index contributed by atoms with van der Waals surface area (Å²) in [7, 11) is 0. The first kappa shape index (κ1) is 12.1. The second kappa shape index (κ2) is 4.33. The molecule has 0 radical (unpaired) electrons. The number of amides is 1. The van der Waals surface area contributed by atoms with E-state index in [-0.39, 0.29) is 6.54 Å². The molecule has 0 bridgehead atoms. The number of rotatable bonds is 2. The number of carboxylic acids is 1. The summed E-state index contributed by atoms with van der Waals surface area (Å²) < 4.78 is 14.1. The van der Waals surface area contributed by atoms with Crippen LogP contribution in [-0.4, -0.2) is 23.5 Å². The molecule has 19 heavy (non-hydrogen) atoms. The quantitative estimate of drug-likeness (QED) is 0.789. The lowest BCUT2D eigenvalue weighted by Gasteiger charge is -2.16. The Kier molecular flexibility index (Phi) is 2.77. The van der Waals surface area contributed by atoms with Crippen LogP contribution in [0.3, 0.4) is 0 Å². The first-order valence-corrected chi connectivity index (χ1v) is 6.39. The third kappa shape index (κ3) is 1.89. The molecular formula is C14H14FNO3. The number of aliphatic carboxylic acids is 1. The second-order valence-electron chi connectivity index (χ2n) is 5.16. The zero-order chi connectivity index (χ0) is 13.6. The summed E-state index contributed by atoms with van der Waals surface area (Å²) >= 11 is 0. The number of aryl methyl sites for hydroxylation is 2. The summed E-state index contributed by atoms with van der Waals surface area (Å²) in [6.45, 7) is 0.186. The van der Waals surface area contributed by atoms with Gasteiger partial charge in [-0.25, -0.2) is 4.39 Å². The highest BCUT2D eigenvalue weighted by molar-refractivity contribution is 5.99. The zero-order valence-electron chi connectivity index (χ0n) is 10.3. The van der Waals surface area contributed by atoms with Crippen LogP contribution in [0, 0.1) is 11.7 Å². The second-order valence-corrected chi connectivity index (χ2v) is 5.16. The molecule has 0 spiro atoms. The molecule has 1 aliphatic carbocycles. The monoisotopic (exact) mass is 263 g/mol. The maximum atomic E-state index is 14.1. The van der Waals surface area contributed by atoms with E-state index in [0.717, 1.165) is 30.4 Å². The van der Waals surface area contributed by atoms with Crippen molar-refractivity contribution in [3.05, 3.63) is 34.6 Å². The van der Waals surface area contributed by atoms with E-state index in [4.69, 9.17) is 5.11 Å². The van der Waals surface area contributed by atoms with E-state index in [9.17, 15) is 14.0 Å². The predicted octanol–water partition coefficient (Wildman–Crippen LogP) is 1.23. The summed E-state index contributed by atoms with van der Waals surface area (Å²) in [5.74, 6) is -3.92. The molecule has 1 saturated heterocycles. The fourth-order valence-corrected chi connectivity index (χ4v) is 3.09. The Morgan fingerprint density at radius 3 is 2.68 bits per heavy atom. The van der Waals surface area contributed by atoms with Gasteiger partial charge in [-0.15, -0.1) is 0 Å². The lowest BCUT2D eigenvalue weighted by Crippen LogP contribution is -2.27. The van der Waals surface area contributed by atoms with Crippen molar-refractivity contribution in [2.75, 3.05) is 6.54 Å². The van der Waals surface area contributed by atoms with E-state index >= 15 is 0 Å². The number of carbonyl (C=O) groups excluding carboxylic acids is 1. The molecular weight excluding hydrogens is 249 g/mol. The van der Waals surface area contributed by atoms with Crippen molar-refractivity contribution in [3.63, 3.8) is 0 Å². The molecule has 3 rings (SSSR count). The van der Waals surface area contributed by atoms with E-state index in [1.807, 2.05) is 0 Å². The average Bonchev–Trinajstić information content (AvgIpc) is 2.93. The molecule has 100 valence electrons. The predicted molar refractivity (Wildman–Crippen MR) is 65.3 cm³/mol. The van der Waals surface area contributed by atoms with Gasteiger partial charge in [-0.2, -0.15) is 0 Å². The van der Waals surface area contributed by atoms with Crippen molar-refractivity contribution >= 4 is 11.9 Å². The molecule has 2 atom stereocenters. The number of hydrogen-bond donors (Lipinski definition) is 2. The molecule has 5 heteroatoms. The van der Waals surface area contributed by atoms with Gasteiger partial charge in [0.05, 0.1) is 0 Å².